The third-order valence-electron chi connectivity index (χ3n) is 5.37. The molecule has 4 rings (SSSR count). The molecule has 10 heteroatoms. The average molecular weight is 497 g/mol. The first kappa shape index (κ1) is 24.1. The lowest BCUT2D eigenvalue weighted by molar-refractivity contribution is -0.148. The van der Waals surface area contributed by atoms with Crippen LogP contribution in [-0.2, 0) is 24.3 Å². The molecule has 0 saturated carbocycles. The topological polar surface area (TPSA) is 111 Å². The molecule has 1 heterocycles. The van der Waals surface area contributed by atoms with Gasteiger partial charge in [0.15, 0.2) is 6.61 Å². The number of nitrogens with zero attached hydrogens (tertiary/aromatic N) is 1. The van der Waals surface area contributed by atoms with E-state index in [0.717, 1.165) is 0 Å². The van der Waals surface area contributed by atoms with Gasteiger partial charge in [-0.15, -0.1) is 0 Å². The number of carbonyl (C=O) groups is 2. The lowest BCUT2D eigenvalue weighted by Gasteiger charge is -2.33. The Balaban J connectivity index is 1.47. The Morgan fingerprint density at radius 3 is 2.49 bits per heavy atom. The number of rotatable bonds is 7. The zero-order chi connectivity index (χ0) is 25.0. The number of fused-ring (bicyclic) bond motifs is 1. The minimum atomic E-state index is -3.79. The number of hydrogen-bond acceptors (Lipinski definition) is 7. The van der Waals surface area contributed by atoms with Crippen molar-refractivity contribution in [2.75, 3.05) is 29.9 Å². The number of nitrogens with one attached hydrogen (secondary N) is 1. The summed E-state index contributed by atoms with van der Waals surface area (Å²) in [4.78, 5) is 26.5. The molecule has 3 aromatic carbocycles. The van der Waals surface area contributed by atoms with Gasteiger partial charge in [-0.1, -0.05) is 30.3 Å². The highest BCUT2D eigenvalue weighted by Crippen LogP contribution is 2.33. The van der Waals surface area contributed by atoms with Crippen molar-refractivity contribution < 1.29 is 32.2 Å². The van der Waals surface area contributed by atoms with E-state index < -0.39 is 28.0 Å². The SMILES string of the molecule is COC(=O)[C@@H]1CN(C(=O)COc2ccc(S(=O)(=O)Nc3ccccc3)cc2C)c2ccccc2O1. The quantitative estimate of drug-likeness (QED) is 0.500. The molecule has 1 aliphatic heterocycles. The van der Waals surface area contributed by atoms with Crippen molar-refractivity contribution in [1.29, 1.82) is 0 Å². The number of anilines is 2. The second-order valence-corrected chi connectivity index (χ2v) is 9.47. The van der Waals surface area contributed by atoms with Crippen molar-refractivity contribution >= 4 is 33.3 Å². The van der Waals surface area contributed by atoms with E-state index in [1.54, 1.807) is 61.5 Å². The second-order valence-electron chi connectivity index (χ2n) is 7.79. The molecule has 0 fully saturated rings. The Bertz CT molecular complexity index is 1340. The van der Waals surface area contributed by atoms with Crippen LogP contribution >= 0.6 is 0 Å². The summed E-state index contributed by atoms with van der Waals surface area (Å²) in [6.45, 7) is 1.35. The molecule has 0 spiro atoms. The maximum Gasteiger partial charge on any atom is 0.348 e. The summed E-state index contributed by atoms with van der Waals surface area (Å²) in [6, 6.07) is 19.8. The summed E-state index contributed by atoms with van der Waals surface area (Å²) >= 11 is 0. The van der Waals surface area contributed by atoms with Gasteiger partial charge in [-0.2, -0.15) is 0 Å². The molecule has 1 amide bonds. The second kappa shape index (κ2) is 10.1. The number of methoxy groups -OCH3 is 1. The van der Waals surface area contributed by atoms with Crippen LogP contribution in [0.4, 0.5) is 11.4 Å². The van der Waals surface area contributed by atoms with Crippen LogP contribution in [0.25, 0.3) is 0 Å². The van der Waals surface area contributed by atoms with E-state index in [1.165, 1.54) is 30.2 Å². The van der Waals surface area contributed by atoms with Crippen LogP contribution in [0.15, 0.2) is 77.7 Å². The summed E-state index contributed by atoms with van der Waals surface area (Å²) in [5, 5.41) is 0. The van der Waals surface area contributed by atoms with Crippen molar-refractivity contribution in [3.63, 3.8) is 0 Å². The first-order valence-electron chi connectivity index (χ1n) is 10.7. The minimum absolute atomic E-state index is 0.0206. The van der Waals surface area contributed by atoms with Crippen LogP contribution in [0.5, 0.6) is 11.5 Å². The number of carbonyl (C=O) groups excluding carboxylic acids is 2. The smallest absolute Gasteiger partial charge is 0.348 e. The molecule has 0 unspecified atom stereocenters. The average Bonchev–Trinajstić information content (AvgIpc) is 2.86. The standard InChI is InChI=1S/C25H24N2O7S/c1-17-14-19(35(30,31)26-18-8-4-3-5-9-18)12-13-21(17)33-16-24(28)27-15-23(25(29)32-2)34-22-11-7-6-10-20(22)27/h3-14,23,26H,15-16H2,1-2H3/t23-/m0/s1. The Labute approximate surface area is 203 Å². The number of ether oxygens (including phenoxy) is 3. The Hall–Kier alpha value is -4.05. The molecule has 35 heavy (non-hydrogen) atoms. The fourth-order valence-electron chi connectivity index (χ4n) is 3.61. The van der Waals surface area contributed by atoms with Crippen LogP contribution in [0, 0.1) is 6.92 Å². The van der Waals surface area contributed by atoms with Crippen molar-refractivity contribution in [1.82, 2.24) is 0 Å². The highest BCUT2D eigenvalue weighted by Gasteiger charge is 2.34. The predicted molar refractivity (Wildman–Crippen MR) is 129 cm³/mol. The van der Waals surface area contributed by atoms with E-state index in [0.29, 0.717) is 28.4 Å². The van der Waals surface area contributed by atoms with Gasteiger partial charge >= 0.3 is 5.97 Å². The first-order chi connectivity index (χ1) is 16.8. The number of sulfonamides is 1. The van der Waals surface area contributed by atoms with Crippen LogP contribution < -0.4 is 19.1 Å². The molecule has 182 valence electrons. The fraction of sp³-hybridized carbons (Fsp3) is 0.200. The molecular formula is C25H24N2O7S. The lowest BCUT2D eigenvalue weighted by Crippen LogP contribution is -2.48. The van der Waals surface area contributed by atoms with Gasteiger partial charge in [-0.25, -0.2) is 13.2 Å². The minimum Gasteiger partial charge on any atom is -0.483 e. The summed E-state index contributed by atoms with van der Waals surface area (Å²) in [6.07, 6.45) is -0.956. The Morgan fingerprint density at radius 2 is 1.77 bits per heavy atom. The molecule has 0 aliphatic carbocycles. The summed E-state index contributed by atoms with van der Waals surface area (Å²) in [5.41, 5.74) is 1.52. The van der Waals surface area contributed by atoms with Gasteiger partial charge in [0.2, 0.25) is 6.10 Å². The first-order valence-corrected chi connectivity index (χ1v) is 12.2. The molecule has 9 nitrogen and oxygen atoms in total. The summed E-state index contributed by atoms with van der Waals surface area (Å²) < 4.78 is 44.1. The molecule has 1 aliphatic rings. The van der Waals surface area contributed by atoms with Crippen molar-refractivity contribution in [2.45, 2.75) is 17.9 Å². The predicted octanol–water partition coefficient (Wildman–Crippen LogP) is 3.14. The van der Waals surface area contributed by atoms with Crippen LogP contribution in [0.1, 0.15) is 5.56 Å². The van der Waals surface area contributed by atoms with E-state index in [9.17, 15) is 18.0 Å². The Kier molecular flexibility index (Phi) is 6.92. The van der Waals surface area contributed by atoms with Gasteiger partial charge in [0.1, 0.15) is 11.5 Å². The van der Waals surface area contributed by atoms with Gasteiger partial charge in [-0.05, 0) is 55.0 Å². The van der Waals surface area contributed by atoms with Crippen LogP contribution in [0.3, 0.4) is 0 Å². The van der Waals surface area contributed by atoms with E-state index in [-0.39, 0.29) is 18.0 Å². The maximum absolute atomic E-state index is 13.0. The number of amides is 1. The normalized spacial score (nSPS) is 14.9. The summed E-state index contributed by atoms with van der Waals surface area (Å²) in [5.74, 6) is -0.228. The van der Waals surface area contributed by atoms with E-state index in [4.69, 9.17) is 14.2 Å². The molecule has 0 saturated heterocycles. The molecule has 0 aromatic heterocycles. The number of para-hydroxylation sites is 3. The van der Waals surface area contributed by atoms with Crippen LogP contribution in [-0.4, -0.2) is 46.7 Å². The number of hydrogen-bond donors (Lipinski definition) is 1. The molecule has 3 aromatic rings. The zero-order valence-electron chi connectivity index (χ0n) is 19.1. The lowest BCUT2D eigenvalue weighted by atomic mass is 10.2. The highest BCUT2D eigenvalue weighted by atomic mass is 32.2. The maximum atomic E-state index is 13.0. The molecular weight excluding hydrogens is 472 g/mol. The Morgan fingerprint density at radius 1 is 1.06 bits per heavy atom. The third-order valence-corrected chi connectivity index (χ3v) is 6.75. The largest absolute Gasteiger partial charge is 0.483 e. The zero-order valence-corrected chi connectivity index (χ0v) is 19.9. The van der Waals surface area contributed by atoms with E-state index >= 15 is 0 Å². The van der Waals surface area contributed by atoms with Crippen molar-refractivity contribution in [3.8, 4) is 11.5 Å². The van der Waals surface area contributed by atoms with Crippen LogP contribution in [0.2, 0.25) is 0 Å². The fourth-order valence-corrected chi connectivity index (χ4v) is 4.76. The monoisotopic (exact) mass is 496 g/mol. The number of benzene rings is 3. The van der Waals surface area contributed by atoms with Crippen molar-refractivity contribution in [2.24, 2.45) is 0 Å². The van der Waals surface area contributed by atoms with Gasteiger partial charge < -0.3 is 19.1 Å². The van der Waals surface area contributed by atoms with E-state index in [2.05, 4.69) is 4.72 Å². The number of esters is 1. The van der Waals surface area contributed by atoms with Gasteiger partial charge in [-0.3, -0.25) is 9.52 Å². The third kappa shape index (κ3) is 5.38. The van der Waals surface area contributed by atoms with Gasteiger partial charge in [0, 0.05) is 5.69 Å². The highest BCUT2D eigenvalue weighted by molar-refractivity contribution is 7.92. The van der Waals surface area contributed by atoms with E-state index in [1.807, 2.05) is 0 Å². The van der Waals surface area contributed by atoms with Gasteiger partial charge in [0.05, 0.1) is 24.2 Å². The molecule has 0 radical (unpaired) electrons. The molecule has 0 bridgehead atoms. The number of aryl methyl sites for hydroxylation is 1. The van der Waals surface area contributed by atoms with Crippen molar-refractivity contribution in [3.05, 3.63) is 78.4 Å². The molecule has 1 N–H and O–H groups in total. The summed E-state index contributed by atoms with van der Waals surface area (Å²) in [7, 11) is -2.54. The van der Waals surface area contributed by atoms with Gasteiger partial charge in [0.25, 0.3) is 15.9 Å². The molecule has 1 atom stereocenters.